The first-order valence-electron chi connectivity index (χ1n) is 8.08. The summed E-state index contributed by atoms with van der Waals surface area (Å²) in [5.41, 5.74) is 6.28. The Morgan fingerprint density at radius 1 is 1.22 bits per heavy atom. The van der Waals surface area contributed by atoms with Crippen LogP contribution in [0.2, 0.25) is 0 Å². The molecule has 1 rings (SSSR count). The molecule has 5 heteroatoms. The average molecular weight is 342 g/mol. The van der Waals surface area contributed by atoms with Gasteiger partial charge in [-0.15, -0.1) is 12.4 Å². The molecule has 0 aliphatic heterocycles. The number of amides is 1. The van der Waals surface area contributed by atoms with E-state index in [0.29, 0.717) is 13.0 Å². The molecule has 0 aromatic heterocycles. The molecule has 4 nitrogen and oxygen atoms in total. The SMILES string of the molecule is CCCC(C)(N)C(=O)NCC(C)(C)NC(C)c1ccccc1.Cl. The van der Waals surface area contributed by atoms with E-state index in [4.69, 9.17) is 5.73 Å². The highest BCUT2D eigenvalue weighted by Gasteiger charge is 2.29. The van der Waals surface area contributed by atoms with Crippen LogP contribution in [0.5, 0.6) is 0 Å². The van der Waals surface area contributed by atoms with Gasteiger partial charge in [0.2, 0.25) is 5.91 Å². The molecule has 0 spiro atoms. The van der Waals surface area contributed by atoms with Gasteiger partial charge in [0.15, 0.2) is 0 Å². The lowest BCUT2D eigenvalue weighted by Gasteiger charge is -2.32. The molecule has 1 aromatic carbocycles. The zero-order valence-electron chi connectivity index (χ0n) is 15.0. The number of benzene rings is 1. The predicted molar refractivity (Wildman–Crippen MR) is 99.8 cm³/mol. The summed E-state index contributed by atoms with van der Waals surface area (Å²) in [7, 11) is 0. The van der Waals surface area contributed by atoms with Crippen LogP contribution >= 0.6 is 12.4 Å². The van der Waals surface area contributed by atoms with Crippen LogP contribution in [0.1, 0.15) is 59.1 Å². The molecule has 4 N–H and O–H groups in total. The zero-order valence-corrected chi connectivity index (χ0v) is 15.8. The third-order valence-electron chi connectivity index (χ3n) is 3.89. The Labute approximate surface area is 147 Å². The van der Waals surface area contributed by atoms with Gasteiger partial charge in [-0.25, -0.2) is 0 Å². The fourth-order valence-corrected chi connectivity index (χ4v) is 2.60. The van der Waals surface area contributed by atoms with Crippen molar-refractivity contribution >= 4 is 18.3 Å². The Morgan fingerprint density at radius 3 is 2.30 bits per heavy atom. The summed E-state index contributed by atoms with van der Waals surface area (Å²) in [5.74, 6) is -0.0865. The minimum Gasteiger partial charge on any atom is -0.353 e. The van der Waals surface area contributed by atoms with Gasteiger partial charge in [-0.3, -0.25) is 4.79 Å². The number of hydrogen-bond donors (Lipinski definition) is 3. The molecular formula is C18H32ClN3O. The summed E-state index contributed by atoms with van der Waals surface area (Å²) >= 11 is 0. The molecule has 2 atom stereocenters. The van der Waals surface area contributed by atoms with E-state index in [9.17, 15) is 4.79 Å². The van der Waals surface area contributed by atoms with E-state index in [2.05, 4.69) is 43.5 Å². The predicted octanol–water partition coefficient (Wildman–Crippen LogP) is 3.17. The van der Waals surface area contributed by atoms with Crippen molar-refractivity contribution < 1.29 is 4.79 Å². The molecule has 0 bridgehead atoms. The number of nitrogens with one attached hydrogen (secondary N) is 2. The second kappa shape index (κ2) is 9.26. The largest absolute Gasteiger partial charge is 0.353 e. The lowest BCUT2D eigenvalue weighted by molar-refractivity contribution is -0.126. The van der Waals surface area contributed by atoms with E-state index in [1.54, 1.807) is 6.92 Å². The maximum Gasteiger partial charge on any atom is 0.239 e. The van der Waals surface area contributed by atoms with Gasteiger partial charge >= 0.3 is 0 Å². The fourth-order valence-electron chi connectivity index (χ4n) is 2.60. The number of nitrogens with two attached hydrogens (primary N) is 1. The smallest absolute Gasteiger partial charge is 0.239 e. The quantitative estimate of drug-likeness (QED) is 0.680. The van der Waals surface area contributed by atoms with Crippen LogP contribution < -0.4 is 16.4 Å². The molecule has 23 heavy (non-hydrogen) atoms. The number of carbonyl (C=O) groups excluding carboxylic acids is 1. The van der Waals surface area contributed by atoms with Crippen LogP contribution in [0, 0.1) is 0 Å². The Morgan fingerprint density at radius 2 is 1.78 bits per heavy atom. The third kappa shape index (κ3) is 7.34. The maximum absolute atomic E-state index is 12.2. The molecule has 1 aromatic rings. The van der Waals surface area contributed by atoms with Crippen molar-refractivity contribution in [2.24, 2.45) is 5.73 Å². The second-order valence-electron chi connectivity index (χ2n) is 7.01. The van der Waals surface area contributed by atoms with Crippen molar-refractivity contribution in [3.63, 3.8) is 0 Å². The summed E-state index contributed by atoms with van der Waals surface area (Å²) in [4.78, 5) is 12.2. The number of carbonyl (C=O) groups is 1. The van der Waals surface area contributed by atoms with Gasteiger partial charge in [0.05, 0.1) is 5.54 Å². The molecular weight excluding hydrogens is 310 g/mol. The lowest BCUT2D eigenvalue weighted by Crippen LogP contribution is -2.56. The zero-order chi connectivity index (χ0) is 16.8. The van der Waals surface area contributed by atoms with Gasteiger partial charge in [0.1, 0.15) is 0 Å². The minimum atomic E-state index is -0.796. The van der Waals surface area contributed by atoms with Gasteiger partial charge in [-0.2, -0.15) is 0 Å². The van der Waals surface area contributed by atoms with E-state index < -0.39 is 5.54 Å². The molecule has 0 fully saturated rings. The van der Waals surface area contributed by atoms with Crippen LogP contribution in [0.15, 0.2) is 30.3 Å². The van der Waals surface area contributed by atoms with E-state index in [1.165, 1.54) is 5.56 Å². The Balaban J connectivity index is 0.00000484. The number of halogens is 1. The Kier molecular flexibility index (Phi) is 8.82. The molecule has 1 amide bonds. The Hall–Kier alpha value is -1.10. The third-order valence-corrected chi connectivity index (χ3v) is 3.89. The topological polar surface area (TPSA) is 67.2 Å². The van der Waals surface area contributed by atoms with E-state index in [1.807, 2.05) is 25.1 Å². The fraction of sp³-hybridized carbons (Fsp3) is 0.611. The van der Waals surface area contributed by atoms with E-state index in [-0.39, 0.29) is 29.9 Å². The first-order chi connectivity index (χ1) is 10.2. The molecule has 0 aliphatic rings. The summed E-state index contributed by atoms with van der Waals surface area (Å²) in [6.45, 7) is 10.7. The summed E-state index contributed by atoms with van der Waals surface area (Å²) in [5, 5.41) is 6.53. The second-order valence-corrected chi connectivity index (χ2v) is 7.01. The van der Waals surface area contributed by atoms with Gasteiger partial charge in [-0.05, 0) is 39.7 Å². The van der Waals surface area contributed by atoms with Gasteiger partial charge in [-0.1, -0.05) is 43.7 Å². The standard InChI is InChI=1S/C18H31N3O.ClH/c1-6-12-18(5,19)16(22)20-13-17(3,4)21-14(2)15-10-8-7-9-11-15;/h7-11,14,21H,6,12-13,19H2,1-5H3,(H,20,22);1H. The average Bonchev–Trinajstić information content (AvgIpc) is 2.45. The summed E-state index contributed by atoms with van der Waals surface area (Å²) in [6.07, 6.45) is 1.58. The highest BCUT2D eigenvalue weighted by Crippen LogP contribution is 2.16. The van der Waals surface area contributed by atoms with Crippen molar-refractivity contribution in [3.05, 3.63) is 35.9 Å². The molecule has 0 saturated carbocycles. The molecule has 132 valence electrons. The van der Waals surface area contributed by atoms with Crippen molar-refractivity contribution in [2.75, 3.05) is 6.54 Å². The normalized spacial score (nSPS) is 15.2. The summed E-state index contributed by atoms with van der Waals surface area (Å²) in [6, 6.07) is 10.5. The van der Waals surface area contributed by atoms with Crippen LogP contribution in [0.3, 0.4) is 0 Å². The number of hydrogen-bond acceptors (Lipinski definition) is 3. The van der Waals surface area contributed by atoms with Crippen molar-refractivity contribution in [1.82, 2.24) is 10.6 Å². The highest BCUT2D eigenvalue weighted by atomic mass is 35.5. The lowest BCUT2D eigenvalue weighted by atomic mass is 9.95. The van der Waals surface area contributed by atoms with Crippen molar-refractivity contribution in [1.29, 1.82) is 0 Å². The van der Waals surface area contributed by atoms with Crippen molar-refractivity contribution in [2.45, 2.75) is 64.6 Å². The first kappa shape index (κ1) is 21.9. The Bertz CT molecular complexity index is 474. The first-order valence-corrected chi connectivity index (χ1v) is 8.08. The van der Waals surface area contributed by atoms with Crippen LogP contribution in [-0.2, 0) is 4.79 Å². The molecule has 0 aliphatic carbocycles. The van der Waals surface area contributed by atoms with Crippen molar-refractivity contribution in [3.8, 4) is 0 Å². The van der Waals surface area contributed by atoms with Crippen LogP contribution in [-0.4, -0.2) is 23.5 Å². The minimum absolute atomic E-state index is 0. The van der Waals surface area contributed by atoms with Gasteiger partial charge < -0.3 is 16.4 Å². The van der Waals surface area contributed by atoms with Gasteiger partial charge in [0.25, 0.3) is 0 Å². The number of rotatable bonds is 8. The summed E-state index contributed by atoms with van der Waals surface area (Å²) < 4.78 is 0. The van der Waals surface area contributed by atoms with Crippen LogP contribution in [0.25, 0.3) is 0 Å². The molecule has 0 radical (unpaired) electrons. The van der Waals surface area contributed by atoms with E-state index >= 15 is 0 Å². The highest BCUT2D eigenvalue weighted by molar-refractivity contribution is 5.85. The van der Waals surface area contributed by atoms with Gasteiger partial charge in [0, 0.05) is 18.1 Å². The van der Waals surface area contributed by atoms with E-state index in [0.717, 1.165) is 6.42 Å². The monoisotopic (exact) mass is 341 g/mol. The molecule has 0 saturated heterocycles. The molecule has 0 heterocycles. The van der Waals surface area contributed by atoms with Crippen LogP contribution in [0.4, 0.5) is 0 Å². The maximum atomic E-state index is 12.2. The molecule has 2 unspecified atom stereocenters.